The molecule has 0 heterocycles. The van der Waals surface area contributed by atoms with Crippen molar-refractivity contribution in [1.29, 1.82) is 0 Å². The van der Waals surface area contributed by atoms with Gasteiger partial charge < -0.3 is 15.6 Å². The summed E-state index contributed by atoms with van der Waals surface area (Å²) >= 11 is 0. The van der Waals surface area contributed by atoms with E-state index < -0.39 is 5.60 Å². The second-order valence-electron chi connectivity index (χ2n) is 5.97. The van der Waals surface area contributed by atoms with Gasteiger partial charge in [-0.15, -0.1) is 0 Å². The van der Waals surface area contributed by atoms with Crippen LogP contribution < -0.4 is 10.5 Å². The van der Waals surface area contributed by atoms with Gasteiger partial charge in [-0.2, -0.15) is 0 Å². The maximum Gasteiger partial charge on any atom is 0.119 e. The first-order valence-electron chi connectivity index (χ1n) is 7.21. The third kappa shape index (κ3) is 3.95. The van der Waals surface area contributed by atoms with Crippen LogP contribution in [0, 0.1) is 0 Å². The Morgan fingerprint density at radius 1 is 1.32 bits per heavy atom. The van der Waals surface area contributed by atoms with Gasteiger partial charge in [0.2, 0.25) is 0 Å². The lowest BCUT2D eigenvalue weighted by atomic mass is 9.92. The van der Waals surface area contributed by atoms with Crippen LogP contribution in [0.5, 0.6) is 5.75 Å². The summed E-state index contributed by atoms with van der Waals surface area (Å²) in [5.41, 5.74) is 7.56. The van der Waals surface area contributed by atoms with E-state index in [1.807, 2.05) is 13.0 Å². The van der Waals surface area contributed by atoms with Gasteiger partial charge in [-0.1, -0.05) is 6.07 Å². The highest BCUT2D eigenvalue weighted by atomic mass is 16.5. The predicted molar refractivity (Wildman–Crippen MR) is 77.5 cm³/mol. The molecule has 0 saturated heterocycles. The van der Waals surface area contributed by atoms with Crippen molar-refractivity contribution in [3.63, 3.8) is 0 Å². The van der Waals surface area contributed by atoms with Crippen LogP contribution in [0.1, 0.15) is 44.2 Å². The van der Waals surface area contributed by atoms with E-state index in [9.17, 15) is 5.11 Å². The molecule has 1 aliphatic rings. The molecule has 0 spiro atoms. The molecule has 2 rings (SSSR count). The number of hydrogen-bond acceptors (Lipinski definition) is 3. The number of fused-ring (bicyclic) bond motifs is 1. The highest BCUT2D eigenvalue weighted by Crippen LogP contribution is 2.26. The summed E-state index contributed by atoms with van der Waals surface area (Å²) in [6, 6.07) is 6.37. The third-order valence-corrected chi connectivity index (χ3v) is 3.82. The molecule has 0 fully saturated rings. The number of rotatable bonds is 5. The molecular weight excluding hydrogens is 238 g/mol. The number of hydrogen-bond donors (Lipinski definition) is 2. The SMILES string of the molecule is CC(CC(C)(O)CN)Oc1ccc2c(c1)CCCC2. The van der Waals surface area contributed by atoms with Crippen molar-refractivity contribution < 1.29 is 9.84 Å². The Bertz CT molecular complexity index is 429. The molecule has 3 nitrogen and oxygen atoms in total. The van der Waals surface area contributed by atoms with Crippen molar-refractivity contribution >= 4 is 0 Å². The molecule has 2 atom stereocenters. The predicted octanol–water partition coefficient (Wildman–Crippen LogP) is 2.43. The minimum Gasteiger partial charge on any atom is -0.491 e. The van der Waals surface area contributed by atoms with Crippen LogP contribution in [0.15, 0.2) is 18.2 Å². The van der Waals surface area contributed by atoms with Gasteiger partial charge >= 0.3 is 0 Å². The number of nitrogens with two attached hydrogens (primary N) is 1. The standard InChI is InChI=1S/C16H25NO2/c1-12(10-16(2,18)11-17)19-15-8-7-13-5-3-4-6-14(13)9-15/h7-9,12,18H,3-6,10-11,17H2,1-2H3. The van der Waals surface area contributed by atoms with Crippen LogP contribution in [0.3, 0.4) is 0 Å². The minimum absolute atomic E-state index is 0.0415. The van der Waals surface area contributed by atoms with E-state index in [2.05, 4.69) is 12.1 Å². The fraction of sp³-hybridized carbons (Fsp3) is 0.625. The number of aliphatic hydroxyl groups is 1. The molecule has 106 valence electrons. The van der Waals surface area contributed by atoms with Gasteiger partial charge in [-0.05, 0) is 62.8 Å². The monoisotopic (exact) mass is 263 g/mol. The molecule has 0 bridgehead atoms. The lowest BCUT2D eigenvalue weighted by molar-refractivity contribution is 0.0237. The lowest BCUT2D eigenvalue weighted by Gasteiger charge is -2.26. The summed E-state index contributed by atoms with van der Waals surface area (Å²) < 4.78 is 5.90. The van der Waals surface area contributed by atoms with E-state index in [1.54, 1.807) is 6.92 Å². The molecule has 1 aliphatic carbocycles. The van der Waals surface area contributed by atoms with Crippen molar-refractivity contribution in [3.05, 3.63) is 29.3 Å². The summed E-state index contributed by atoms with van der Waals surface area (Å²) in [6.07, 6.45) is 5.41. The Labute approximate surface area is 115 Å². The Morgan fingerprint density at radius 3 is 2.68 bits per heavy atom. The van der Waals surface area contributed by atoms with Crippen molar-refractivity contribution in [3.8, 4) is 5.75 Å². The van der Waals surface area contributed by atoms with Crippen molar-refractivity contribution in [1.82, 2.24) is 0 Å². The summed E-state index contributed by atoms with van der Waals surface area (Å²) in [6.45, 7) is 3.98. The molecule has 2 unspecified atom stereocenters. The molecule has 0 radical (unpaired) electrons. The van der Waals surface area contributed by atoms with E-state index in [0.717, 1.165) is 12.2 Å². The zero-order valence-electron chi connectivity index (χ0n) is 12.0. The first-order valence-corrected chi connectivity index (χ1v) is 7.21. The fourth-order valence-corrected chi connectivity index (χ4v) is 2.76. The molecule has 0 saturated carbocycles. The molecule has 1 aromatic rings. The molecule has 3 heteroatoms. The first kappa shape index (κ1) is 14.4. The normalized spacial score (nSPS) is 19.4. The van der Waals surface area contributed by atoms with Crippen molar-refractivity contribution in [2.45, 2.75) is 57.7 Å². The van der Waals surface area contributed by atoms with Crippen molar-refractivity contribution in [2.24, 2.45) is 5.73 Å². The van der Waals surface area contributed by atoms with Crippen LogP contribution in [0.4, 0.5) is 0 Å². The maximum absolute atomic E-state index is 9.96. The van der Waals surface area contributed by atoms with Crippen LogP contribution in [-0.4, -0.2) is 23.4 Å². The summed E-state index contributed by atoms with van der Waals surface area (Å²) in [7, 11) is 0. The largest absolute Gasteiger partial charge is 0.491 e. The lowest BCUT2D eigenvalue weighted by Crippen LogP contribution is -2.38. The highest BCUT2D eigenvalue weighted by Gasteiger charge is 2.22. The van der Waals surface area contributed by atoms with E-state index in [-0.39, 0.29) is 12.6 Å². The molecule has 0 aliphatic heterocycles. The van der Waals surface area contributed by atoms with Gasteiger partial charge in [-0.3, -0.25) is 0 Å². The fourth-order valence-electron chi connectivity index (χ4n) is 2.76. The molecular formula is C16H25NO2. The van der Waals surface area contributed by atoms with Crippen LogP contribution >= 0.6 is 0 Å². The van der Waals surface area contributed by atoms with Gasteiger partial charge in [0.15, 0.2) is 0 Å². The molecule has 0 aromatic heterocycles. The number of benzene rings is 1. The number of ether oxygens (including phenoxy) is 1. The second kappa shape index (κ2) is 5.93. The second-order valence-corrected chi connectivity index (χ2v) is 5.97. The zero-order valence-corrected chi connectivity index (χ0v) is 12.0. The summed E-state index contributed by atoms with van der Waals surface area (Å²) in [5, 5.41) is 9.96. The topological polar surface area (TPSA) is 55.5 Å². The van der Waals surface area contributed by atoms with Crippen molar-refractivity contribution in [2.75, 3.05) is 6.54 Å². The quantitative estimate of drug-likeness (QED) is 0.858. The smallest absolute Gasteiger partial charge is 0.119 e. The van der Waals surface area contributed by atoms with Gasteiger partial charge in [-0.25, -0.2) is 0 Å². The molecule has 3 N–H and O–H groups in total. The Morgan fingerprint density at radius 2 is 2.00 bits per heavy atom. The zero-order chi connectivity index (χ0) is 13.9. The molecule has 1 aromatic carbocycles. The minimum atomic E-state index is -0.854. The van der Waals surface area contributed by atoms with Crippen LogP contribution in [-0.2, 0) is 12.8 Å². The van der Waals surface area contributed by atoms with E-state index >= 15 is 0 Å². The van der Waals surface area contributed by atoms with Gasteiger partial charge in [0.1, 0.15) is 5.75 Å². The number of aryl methyl sites for hydroxylation is 2. The third-order valence-electron chi connectivity index (χ3n) is 3.82. The summed E-state index contributed by atoms with van der Waals surface area (Å²) in [5.74, 6) is 0.904. The average Bonchev–Trinajstić information content (AvgIpc) is 2.38. The van der Waals surface area contributed by atoms with Gasteiger partial charge in [0.25, 0.3) is 0 Å². The van der Waals surface area contributed by atoms with Gasteiger partial charge in [0.05, 0.1) is 11.7 Å². The molecule has 0 amide bonds. The Hall–Kier alpha value is -1.06. The Balaban J connectivity index is 1.99. The van der Waals surface area contributed by atoms with Crippen LogP contribution in [0.2, 0.25) is 0 Å². The van der Waals surface area contributed by atoms with Gasteiger partial charge in [0, 0.05) is 13.0 Å². The van der Waals surface area contributed by atoms with E-state index in [1.165, 1.54) is 30.4 Å². The van der Waals surface area contributed by atoms with E-state index in [4.69, 9.17) is 10.5 Å². The highest BCUT2D eigenvalue weighted by molar-refractivity contribution is 5.37. The first-order chi connectivity index (χ1) is 9.00. The van der Waals surface area contributed by atoms with Crippen LogP contribution in [0.25, 0.3) is 0 Å². The Kier molecular flexibility index (Phi) is 4.48. The van der Waals surface area contributed by atoms with E-state index in [0.29, 0.717) is 6.42 Å². The molecule has 19 heavy (non-hydrogen) atoms. The summed E-state index contributed by atoms with van der Waals surface area (Å²) in [4.78, 5) is 0. The average molecular weight is 263 g/mol. The maximum atomic E-state index is 9.96.